The van der Waals surface area contributed by atoms with Gasteiger partial charge in [-0.2, -0.15) is 0 Å². The molecule has 1 fully saturated rings. The molecule has 1 atom stereocenters. The van der Waals surface area contributed by atoms with Crippen LogP contribution in [0, 0.1) is 0 Å². The normalized spacial score (nSPS) is 19.6. The van der Waals surface area contributed by atoms with Crippen LogP contribution in [0.25, 0.3) is 0 Å². The Morgan fingerprint density at radius 1 is 1.20 bits per heavy atom. The predicted molar refractivity (Wildman–Crippen MR) is 87.0 cm³/mol. The molecule has 0 aliphatic carbocycles. The van der Waals surface area contributed by atoms with Gasteiger partial charge in [0.25, 0.3) is 0 Å². The summed E-state index contributed by atoms with van der Waals surface area (Å²) in [4.78, 5) is 15.2. The molecule has 0 aromatic heterocycles. The van der Waals surface area contributed by atoms with Crippen molar-refractivity contribution in [2.24, 2.45) is 0 Å². The summed E-state index contributed by atoms with van der Waals surface area (Å²) in [7, 11) is 0. The van der Waals surface area contributed by atoms with E-state index in [9.17, 15) is 4.79 Å². The number of hydrogen-bond donors (Lipinski definition) is 0. The van der Waals surface area contributed by atoms with Gasteiger partial charge in [0.2, 0.25) is 0 Å². The highest BCUT2D eigenvalue weighted by molar-refractivity contribution is 9.10. The van der Waals surface area contributed by atoms with Crippen molar-refractivity contribution in [2.75, 3.05) is 13.1 Å². The molecule has 1 heterocycles. The van der Waals surface area contributed by atoms with E-state index in [0.29, 0.717) is 12.2 Å². The third-order valence-electron chi connectivity index (χ3n) is 4.62. The SMILES string of the molecule is CCC(C)(C(=O)Cc1ccc(Br)cc1)N1CCCCC1. The Balaban J connectivity index is 2.09. The van der Waals surface area contributed by atoms with Crippen LogP contribution in [0.4, 0.5) is 0 Å². The second kappa shape index (κ2) is 6.86. The van der Waals surface area contributed by atoms with E-state index in [4.69, 9.17) is 0 Å². The van der Waals surface area contributed by atoms with Crippen LogP contribution < -0.4 is 0 Å². The monoisotopic (exact) mass is 337 g/mol. The van der Waals surface area contributed by atoms with E-state index in [0.717, 1.165) is 29.5 Å². The molecule has 20 heavy (non-hydrogen) atoms. The summed E-state index contributed by atoms with van der Waals surface area (Å²) in [5, 5.41) is 0. The van der Waals surface area contributed by atoms with Gasteiger partial charge in [0.15, 0.2) is 5.78 Å². The molecule has 0 N–H and O–H groups in total. The van der Waals surface area contributed by atoms with Crippen LogP contribution in [-0.4, -0.2) is 29.3 Å². The minimum absolute atomic E-state index is 0.298. The highest BCUT2D eigenvalue weighted by atomic mass is 79.9. The largest absolute Gasteiger partial charge is 0.297 e. The van der Waals surface area contributed by atoms with Gasteiger partial charge in [-0.3, -0.25) is 9.69 Å². The molecule has 2 rings (SSSR count). The first-order chi connectivity index (χ1) is 9.56. The zero-order valence-corrected chi connectivity index (χ0v) is 14.1. The number of ketones is 1. The summed E-state index contributed by atoms with van der Waals surface area (Å²) < 4.78 is 1.06. The van der Waals surface area contributed by atoms with Crippen LogP contribution in [0.2, 0.25) is 0 Å². The summed E-state index contributed by atoms with van der Waals surface area (Å²) in [5.41, 5.74) is 0.808. The lowest BCUT2D eigenvalue weighted by molar-refractivity contribution is -0.130. The molecule has 0 amide bonds. The Morgan fingerprint density at radius 2 is 1.80 bits per heavy atom. The molecule has 0 bridgehead atoms. The average molecular weight is 338 g/mol. The lowest BCUT2D eigenvalue weighted by atomic mass is 9.86. The van der Waals surface area contributed by atoms with Crippen molar-refractivity contribution in [1.29, 1.82) is 0 Å². The Labute approximate surface area is 130 Å². The number of benzene rings is 1. The summed E-state index contributed by atoms with van der Waals surface area (Å²) >= 11 is 3.43. The number of halogens is 1. The highest BCUT2D eigenvalue weighted by Crippen LogP contribution is 2.26. The Hall–Kier alpha value is -0.670. The Bertz CT molecular complexity index is 451. The van der Waals surface area contributed by atoms with Crippen LogP contribution in [0.15, 0.2) is 28.7 Å². The average Bonchev–Trinajstić information content (AvgIpc) is 2.49. The predicted octanol–water partition coefficient (Wildman–Crippen LogP) is 4.22. The third kappa shape index (κ3) is 3.50. The molecule has 1 unspecified atom stereocenters. The molecule has 1 aliphatic rings. The highest BCUT2D eigenvalue weighted by Gasteiger charge is 2.37. The fourth-order valence-electron chi connectivity index (χ4n) is 2.96. The lowest BCUT2D eigenvalue weighted by Gasteiger charge is -2.42. The van der Waals surface area contributed by atoms with E-state index in [1.807, 2.05) is 24.3 Å². The number of nitrogens with zero attached hydrogens (tertiary/aromatic N) is 1. The topological polar surface area (TPSA) is 20.3 Å². The second-order valence-corrected chi connectivity index (χ2v) is 6.82. The first-order valence-corrected chi connectivity index (χ1v) is 8.38. The van der Waals surface area contributed by atoms with Crippen molar-refractivity contribution in [3.8, 4) is 0 Å². The molecule has 0 radical (unpaired) electrons. The fraction of sp³-hybridized carbons (Fsp3) is 0.588. The van der Waals surface area contributed by atoms with Crippen LogP contribution in [0.1, 0.15) is 45.1 Å². The van der Waals surface area contributed by atoms with Gasteiger partial charge in [-0.05, 0) is 57.0 Å². The van der Waals surface area contributed by atoms with Crippen LogP contribution in [-0.2, 0) is 11.2 Å². The van der Waals surface area contributed by atoms with Gasteiger partial charge in [-0.15, -0.1) is 0 Å². The zero-order chi connectivity index (χ0) is 14.6. The van der Waals surface area contributed by atoms with Crippen LogP contribution in [0.3, 0.4) is 0 Å². The molecule has 110 valence electrons. The molecule has 0 spiro atoms. The third-order valence-corrected chi connectivity index (χ3v) is 5.15. The van der Waals surface area contributed by atoms with Crippen LogP contribution in [0.5, 0.6) is 0 Å². The lowest BCUT2D eigenvalue weighted by Crippen LogP contribution is -2.54. The van der Waals surface area contributed by atoms with Gasteiger partial charge < -0.3 is 0 Å². The summed E-state index contributed by atoms with van der Waals surface area (Å²) in [6, 6.07) is 8.09. The zero-order valence-electron chi connectivity index (χ0n) is 12.5. The van der Waals surface area contributed by atoms with Crippen molar-refractivity contribution >= 4 is 21.7 Å². The first-order valence-electron chi connectivity index (χ1n) is 7.59. The van der Waals surface area contributed by atoms with Gasteiger partial charge in [0, 0.05) is 10.9 Å². The molecule has 1 aromatic carbocycles. The standard InChI is InChI=1S/C17H24BrNO/c1-3-17(2,19-11-5-4-6-12-19)16(20)13-14-7-9-15(18)10-8-14/h7-10H,3-6,11-13H2,1-2H3. The summed E-state index contributed by atoms with van der Waals surface area (Å²) in [6.07, 6.45) is 5.18. The van der Waals surface area contributed by atoms with Crippen molar-refractivity contribution in [3.05, 3.63) is 34.3 Å². The van der Waals surface area contributed by atoms with Crippen molar-refractivity contribution in [3.63, 3.8) is 0 Å². The Morgan fingerprint density at radius 3 is 2.35 bits per heavy atom. The molecule has 3 heteroatoms. The fourth-order valence-corrected chi connectivity index (χ4v) is 3.23. The number of likely N-dealkylation sites (tertiary alicyclic amines) is 1. The molecule has 2 nitrogen and oxygen atoms in total. The van der Waals surface area contributed by atoms with Gasteiger partial charge in [-0.25, -0.2) is 0 Å². The summed E-state index contributed by atoms with van der Waals surface area (Å²) in [5.74, 6) is 0.351. The maximum Gasteiger partial charge on any atom is 0.157 e. The van der Waals surface area contributed by atoms with E-state index < -0.39 is 0 Å². The number of carbonyl (C=O) groups is 1. The molecular formula is C17H24BrNO. The van der Waals surface area contributed by atoms with Gasteiger partial charge in [0.05, 0.1) is 5.54 Å². The quantitative estimate of drug-likeness (QED) is 0.801. The molecule has 1 aliphatic heterocycles. The molecule has 0 saturated carbocycles. The molecular weight excluding hydrogens is 314 g/mol. The number of Topliss-reactive ketones (excluding diaryl/α,β-unsaturated/α-hetero) is 1. The van der Waals surface area contributed by atoms with E-state index in [1.54, 1.807) is 0 Å². The summed E-state index contributed by atoms with van der Waals surface area (Å²) in [6.45, 7) is 6.39. The maximum absolute atomic E-state index is 12.8. The number of piperidine rings is 1. The number of rotatable bonds is 5. The molecule has 1 aromatic rings. The van der Waals surface area contributed by atoms with Crippen molar-refractivity contribution in [1.82, 2.24) is 4.90 Å². The van der Waals surface area contributed by atoms with Gasteiger partial charge in [0.1, 0.15) is 0 Å². The van der Waals surface area contributed by atoms with Crippen LogP contribution >= 0.6 is 15.9 Å². The van der Waals surface area contributed by atoms with Gasteiger partial charge in [-0.1, -0.05) is 41.4 Å². The van der Waals surface area contributed by atoms with E-state index in [1.165, 1.54) is 19.3 Å². The van der Waals surface area contributed by atoms with Gasteiger partial charge >= 0.3 is 0 Å². The van der Waals surface area contributed by atoms with Crippen molar-refractivity contribution < 1.29 is 4.79 Å². The van der Waals surface area contributed by atoms with Crippen molar-refractivity contribution in [2.45, 2.75) is 51.5 Å². The smallest absolute Gasteiger partial charge is 0.157 e. The minimum atomic E-state index is -0.298. The molecule has 1 saturated heterocycles. The van der Waals surface area contributed by atoms with E-state index >= 15 is 0 Å². The first kappa shape index (κ1) is 15.7. The second-order valence-electron chi connectivity index (χ2n) is 5.90. The van der Waals surface area contributed by atoms with E-state index in [-0.39, 0.29) is 5.54 Å². The van der Waals surface area contributed by atoms with E-state index in [2.05, 4.69) is 34.7 Å². The number of carbonyl (C=O) groups excluding carboxylic acids is 1. The number of hydrogen-bond acceptors (Lipinski definition) is 2. The maximum atomic E-state index is 12.8. The Kier molecular flexibility index (Phi) is 5.39. The minimum Gasteiger partial charge on any atom is -0.297 e.